The molecule has 0 heterocycles. The maximum atomic E-state index is 12.2. The van der Waals surface area contributed by atoms with E-state index in [1.807, 2.05) is 0 Å². The molecule has 0 saturated carbocycles. The molecule has 0 fully saturated rings. The summed E-state index contributed by atoms with van der Waals surface area (Å²) in [6, 6.07) is 3.41. The van der Waals surface area contributed by atoms with Crippen LogP contribution in [0.2, 0.25) is 0 Å². The van der Waals surface area contributed by atoms with E-state index in [0.29, 0.717) is 0 Å². The number of halogens is 2. The second-order valence-corrected chi connectivity index (χ2v) is 3.43. The second kappa shape index (κ2) is 6.10. The van der Waals surface area contributed by atoms with Crippen LogP contribution in [0.5, 0.6) is 5.75 Å². The summed E-state index contributed by atoms with van der Waals surface area (Å²) in [6.45, 7) is -3.06. The summed E-state index contributed by atoms with van der Waals surface area (Å²) >= 11 is 0. The van der Waals surface area contributed by atoms with E-state index in [1.165, 1.54) is 17.0 Å². The first-order valence-corrected chi connectivity index (χ1v) is 5.01. The number of hydrogen-bond donors (Lipinski definition) is 1. The molecular weight excluding hydrogens is 250 g/mol. The predicted octanol–water partition coefficient (Wildman–Crippen LogP) is 1.62. The van der Waals surface area contributed by atoms with Gasteiger partial charge < -0.3 is 14.7 Å². The quantitative estimate of drug-likeness (QED) is 0.622. The number of likely N-dealkylation sites (N-methyl/N-ethyl adjacent to an activating group) is 1. The van der Waals surface area contributed by atoms with Crippen LogP contribution in [0.3, 0.4) is 0 Å². The normalized spacial score (nSPS) is 10.5. The minimum atomic E-state index is -3.08. The van der Waals surface area contributed by atoms with Crippen LogP contribution in [0.25, 0.3) is 0 Å². The Morgan fingerprint density at radius 2 is 2.22 bits per heavy atom. The van der Waals surface area contributed by atoms with Crippen LogP contribution in [-0.4, -0.2) is 36.8 Å². The zero-order valence-corrected chi connectivity index (χ0v) is 9.55. The van der Waals surface area contributed by atoms with Gasteiger partial charge in [0.1, 0.15) is 0 Å². The molecule has 18 heavy (non-hydrogen) atoms. The lowest BCUT2D eigenvalue weighted by atomic mass is 10.2. The van der Waals surface area contributed by atoms with Crippen LogP contribution in [0.1, 0.15) is 0 Å². The summed E-state index contributed by atoms with van der Waals surface area (Å²) in [5.74, 6) is -0.296. The number of alkyl halides is 2. The fraction of sp³-hybridized carbons (Fsp3) is 0.400. The summed E-state index contributed by atoms with van der Waals surface area (Å²) in [5, 5.41) is 19.3. The SMILES string of the molecule is CN(CCO)c1ccc([N+](=O)[O-])cc1OC(F)F. The lowest BCUT2D eigenvalue weighted by molar-refractivity contribution is -0.385. The molecule has 0 aliphatic rings. The molecule has 1 rings (SSSR count). The second-order valence-electron chi connectivity index (χ2n) is 3.43. The van der Waals surface area contributed by atoms with Crippen LogP contribution in [0.15, 0.2) is 18.2 Å². The van der Waals surface area contributed by atoms with Crippen molar-refractivity contribution in [1.29, 1.82) is 0 Å². The molecule has 0 atom stereocenters. The van der Waals surface area contributed by atoms with Crippen molar-refractivity contribution in [3.63, 3.8) is 0 Å². The van der Waals surface area contributed by atoms with Crippen molar-refractivity contribution in [3.8, 4) is 5.75 Å². The van der Waals surface area contributed by atoms with Crippen LogP contribution >= 0.6 is 0 Å². The predicted molar refractivity (Wildman–Crippen MR) is 60.1 cm³/mol. The molecule has 0 aliphatic carbocycles. The molecule has 0 bridgehead atoms. The largest absolute Gasteiger partial charge is 0.432 e. The van der Waals surface area contributed by atoms with Crippen LogP contribution in [0.4, 0.5) is 20.2 Å². The van der Waals surface area contributed by atoms with Crippen LogP contribution in [0, 0.1) is 10.1 Å². The van der Waals surface area contributed by atoms with Crippen LogP contribution in [-0.2, 0) is 0 Å². The molecule has 100 valence electrons. The van der Waals surface area contributed by atoms with Crippen molar-refractivity contribution >= 4 is 11.4 Å². The maximum Gasteiger partial charge on any atom is 0.387 e. The van der Waals surface area contributed by atoms with Crippen molar-refractivity contribution in [2.45, 2.75) is 6.61 Å². The van der Waals surface area contributed by atoms with E-state index >= 15 is 0 Å². The molecule has 0 unspecified atom stereocenters. The molecule has 0 spiro atoms. The molecule has 0 aliphatic heterocycles. The number of hydrogen-bond acceptors (Lipinski definition) is 5. The van der Waals surface area contributed by atoms with Crippen molar-refractivity contribution < 1.29 is 23.5 Å². The number of aliphatic hydroxyl groups is 1. The Labute approximate surface area is 102 Å². The van der Waals surface area contributed by atoms with Gasteiger partial charge in [-0.25, -0.2) is 0 Å². The summed E-state index contributed by atoms with van der Waals surface area (Å²) in [5.41, 5.74) is -0.0956. The van der Waals surface area contributed by atoms with E-state index in [-0.39, 0.29) is 30.3 Å². The molecule has 6 nitrogen and oxygen atoms in total. The molecular formula is C10H12F2N2O4. The molecule has 0 aromatic heterocycles. The van der Waals surface area contributed by atoms with E-state index in [0.717, 1.165) is 6.07 Å². The standard InChI is InChI=1S/C10H12F2N2O4/c1-13(4-5-15)8-3-2-7(14(16)17)6-9(8)18-10(11)12/h2-3,6,10,15H,4-5H2,1H3. The summed E-state index contributed by atoms with van der Waals surface area (Å²) < 4.78 is 28.7. The zero-order valence-electron chi connectivity index (χ0n) is 9.55. The molecule has 0 amide bonds. The van der Waals surface area contributed by atoms with E-state index in [4.69, 9.17) is 5.11 Å². The number of nitro groups is 1. The molecule has 1 N–H and O–H groups in total. The Balaban J connectivity index is 3.11. The van der Waals surface area contributed by atoms with E-state index < -0.39 is 11.5 Å². The van der Waals surface area contributed by atoms with Gasteiger partial charge in [0, 0.05) is 19.7 Å². The van der Waals surface area contributed by atoms with Gasteiger partial charge in [-0.2, -0.15) is 8.78 Å². The number of non-ortho nitro benzene ring substituents is 1. The Hall–Kier alpha value is -1.96. The summed E-state index contributed by atoms with van der Waals surface area (Å²) in [7, 11) is 1.55. The Kier molecular flexibility index (Phi) is 4.78. The fourth-order valence-electron chi connectivity index (χ4n) is 1.39. The van der Waals surface area contributed by atoms with Gasteiger partial charge in [0.15, 0.2) is 5.75 Å². The van der Waals surface area contributed by atoms with Crippen molar-refractivity contribution in [3.05, 3.63) is 28.3 Å². The Morgan fingerprint density at radius 3 is 2.72 bits per heavy atom. The number of nitro benzene ring substituents is 1. The van der Waals surface area contributed by atoms with E-state index in [1.54, 1.807) is 7.05 Å². The van der Waals surface area contributed by atoms with Gasteiger partial charge in [0.2, 0.25) is 0 Å². The molecule has 0 saturated heterocycles. The van der Waals surface area contributed by atoms with Gasteiger partial charge in [-0.05, 0) is 6.07 Å². The maximum absolute atomic E-state index is 12.2. The first-order valence-electron chi connectivity index (χ1n) is 5.01. The van der Waals surface area contributed by atoms with Gasteiger partial charge >= 0.3 is 6.61 Å². The van der Waals surface area contributed by atoms with Gasteiger partial charge in [-0.15, -0.1) is 0 Å². The number of rotatable bonds is 6. The minimum Gasteiger partial charge on any atom is -0.432 e. The third-order valence-electron chi connectivity index (χ3n) is 2.22. The lowest BCUT2D eigenvalue weighted by Gasteiger charge is -2.20. The Morgan fingerprint density at radius 1 is 1.56 bits per heavy atom. The number of anilines is 1. The zero-order chi connectivity index (χ0) is 13.7. The summed E-state index contributed by atoms with van der Waals surface area (Å²) in [6.07, 6.45) is 0. The smallest absolute Gasteiger partial charge is 0.387 e. The van der Waals surface area contributed by atoms with Crippen molar-refractivity contribution in [2.75, 3.05) is 25.1 Å². The first kappa shape index (κ1) is 14.1. The minimum absolute atomic E-state index is 0.179. The average molecular weight is 262 g/mol. The van der Waals surface area contributed by atoms with Crippen molar-refractivity contribution in [2.24, 2.45) is 0 Å². The average Bonchev–Trinajstić information content (AvgIpc) is 2.28. The topological polar surface area (TPSA) is 75.8 Å². The molecule has 8 heteroatoms. The monoisotopic (exact) mass is 262 g/mol. The van der Waals surface area contributed by atoms with Gasteiger partial charge in [-0.1, -0.05) is 0 Å². The number of aliphatic hydroxyl groups excluding tert-OH is 1. The van der Waals surface area contributed by atoms with E-state index in [2.05, 4.69) is 4.74 Å². The Bertz CT molecular complexity index is 428. The van der Waals surface area contributed by atoms with Gasteiger partial charge in [0.25, 0.3) is 5.69 Å². The first-order chi connectivity index (χ1) is 8.45. The highest BCUT2D eigenvalue weighted by Gasteiger charge is 2.17. The fourth-order valence-corrected chi connectivity index (χ4v) is 1.39. The summed E-state index contributed by atoms with van der Waals surface area (Å²) in [4.78, 5) is 11.3. The highest BCUT2D eigenvalue weighted by atomic mass is 19.3. The van der Waals surface area contributed by atoms with Gasteiger partial charge in [0.05, 0.1) is 23.3 Å². The third-order valence-corrected chi connectivity index (χ3v) is 2.22. The van der Waals surface area contributed by atoms with Crippen LogP contribution < -0.4 is 9.64 Å². The molecule has 1 aromatic rings. The highest BCUT2D eigenvalue weighted by Crippen LogP contribution is 2.32. The number of nitrogens with zero attached hydrogens (tertiary/aromatic N) is 2. The lowest BCUT2D eigenvalue weighted by Crippen LogP contribution is -2.22. The van der Waals surface area contributed by atoms with Crippen molar-refractivity contribution in [1.82, 2.24) is 0 Å². The molecule has 1 aromatic carbocycles. The van der Waals surface area contributed by atoms with E-state index in [9.17, 15) is 18.9 Å². The third kappa shape index (κ3) is 3.52. The molecule has 0 radical (unpaired) electrons. The number of benzene rings is 1. The highest BCUT2D eigenvalue weighted by molar-refractivity contribution is 5.62. The number of ether oxygens (including phenoxy) is 1. The van der Waals surface area contributed by atoms with Gasteiger partial charge in [-0.3, -0.25) is 10.1 Å².